The largest absolute Gasteiger partial charge is 0.399 e. The van der Waals surface area contributed by atoms with Crippen molar-refractivity contribution in [2.75, 3.05) is 18.9 Å². The zero-order chi connectivity index (χ0) is 9.10. The van der Waals surface area contributed by atoms with Crippen LogP contribution in [0.15, 0.2) is 24.3 Å². The van der Waals surface area contributed by atoms with E-state index in [9.17, 15) is 0 Å². The lowest BCUT2D eigenvalue weighted by Crippen LogP contribution is -2.01. The molecule has 1 fully saturated rings. The third-order valence-electron chi connectivity index (χ3n) is 1.95. The fraction of sp³-hybridized carbons (Fsp3) is 0.400. The van der Waals surface area contributed by atoms with Gasteiger partial charge in [0.15, 0.2) is 0 Å². The van der Waals surface area contributed by atoms with Crippen LogP contribution in [0.3, 0.4) is 0 Å². The summed E-state index contributed by atoms with van der Waals surface area (Å²) in [6, 6.07) is 7.71. The molecule has 1 heterocycles. The number of epoxide rings is 1. The molecular weight excluding hydrogens is 166 g/mol. The van der Waals surface area contributed by atoms with Gasteiger partial charge in [0.25, 0.3) is 0 Å². The lowest BCUT2D eigenvalue weighted by atomic mass is 10.2. The van der Waals surface area contributed by atoms with Crippen LogP contribution in [-0.4, -0.2) is 19.3 Å². The molecule has 70 valence electrons. The van der Waals surface area contributed by atoms with Crippen LogP contribution in [0.2, 0.25) is 0 Å². The summed E-state index contributed by atoms with van der Waals surface area (Å²) in [5, 5.41) is 0. The molecule has 0 bridgehead atoms. The SMILES string of the molecule is Nc1ccc(COCC2CO2)cc1. The van der Waals surface area contributed by atoms with Crippen molar-refractivity contribution >= 4 is 5.69 Å². The van der Waals surface area contributed by atoms with Crippen molar-refractivity contribution in [3.05, 3.63) is 29.8 Å². The Morgan fingerprint density at radius 2 is 2.08 bits per heavy atom. The van der Waals surface area contributed by atoms with Crippen LogP contribution in [0.4, 0.5) is 5.69 Å². The maximum absolute atomic E-state index is 5.55. The Morgan fingerprint density at radius 3 is 2.69 bits per heavy atom. The van der Waals surface area contributed by atoms with E-state index in [0.717, 1.165) is 17.9 Å². The summed E-state index contributed by atoms with van der Waals surface area (Å²) in [5.41, 5.74) is 7.49. The van der Waals surface area contributed by atoms with E-state index in [4.69, 9.17) is 15.2 Å². The van der Waals surface area contributed by atoms with Gasteiger partial charge in [-0.15, -0.1) is 0 Å². The third-order valence-corrected chi connectivity index (χ3v) is 1.95. The second-order valence-electron chi connectivity index (χ2n) is 3.21. The number of benzene rings is 1. The lowest BCUT2D eigenvalue weighted by Gasteiger charge is -2.02. The summed E-state index contributed by atoms with van der Waals surface area (Å²) in [4.78, 5) is 0. The van der Waals surface area contributed by atoms with Gasteiger partial charge in [0.1, 0.15) is 6.10 Å². The van der Waals surface area contributed by atoms with E-state index < -0.39 is 0 Å². The highest BCUT2D eigenvalue weighted by molar-refractivity contribution is 5.39. The van der Waals surface area contributed by atoms with E-state index in [1.54, 1.807) is 0 Å². The van der Waals surface area contributed by atoms with Gasteiger partial charge in [-0.2, -0.15) is 0 Å². The number of anilines is 1. The van der Waals surface area contributed by atoms with E-state index in [-0.39, 0.29) is 0 Å². The molecule has 0 spiro atoms. The molecule has 1 aliphatic rings. The highest BCUT2D eigenvalue weighted by atomic mass is 16.6. The summed E-state index contributed by atoms with van der Waals surface area (Å²) in [6.45, 7) is 2.19. The van der Waals surface area contributed by atoms with Gasteiger partial charge in [0.2, 0.25) is 0 Å². The van der Waals surface area contributed by atoms with E-state index in [2.05, 4.69) is 0 Å². The molecule has 2 rings (SSSR count). The Morgan fingerprint density at radius 1 is 1.38 bits per heavy atom. The molecule has 0 radical (unpaired) electrons. The molecule has 1 saturated heterocycles. The summed E-state index contributed by atoms with van der Waals surface area (Å²) >= 11 is 0. The standard InChI is InChI=1S/C10H13NO2/c11-9-3-1-8(2-4-9)5-12-6-10-7-13-10/h1-4,10H,5-7,11H2. The van der Waals surface area contributed by atoms with E-state index >= 15 is 0 Å². The minimum atomic E-state index is 0.341. The monoisotopic (exact) mass is 179 g/mol. The fourth-order valence-corrected chi connectivity index (χ4v) is 1.09. The molecule has 13 heavy (non-hydrogen) atoms. The highest BCUT2D eigenvalue weighted by Crippen LogP contribution is 2.11. The average molecular weight is 179 g/mol. The van der Waals surface area contributed by atoms with Crippen LogP contribution in [-0.2, 0) is 16.1 Å². The van der Waals surface area contributed by atoms with Crippen LogP contribution in [0.1, 0.15) is 5.56 Å². The molecule has 0 saturated carbocycles. The Bertz CT molecular complexity index is 267. The molecule has 0 amide bonds. The predicted molar refractivity (Wildman–Crippen MR) is 50.3 cm³/mol. The predicted octanol–water partition coefficient (Wildman–Crippen LogP) is 1.18. The maximum Gasteiger partial charge on any atom is 0.104 e. The van der Waals surface area contributed by atoms with Crippen molar-refractivity contribution in [3.8, 4) is 0 Å². The van der Waals surface area contributed by atoms with Crippen LogP contribution in [0.5, 0.6) is 0 Å². The molecule has 3 heteroatoms. The molecular formula is C10H13NO2. The van der Waals surface area contributed by atoms with Crippen molar-refractivity contribution in [3.63, 3.8) is 0 Å². The number of rotatable bonds is 4. The first-order valence-corrected chi connectivity index (χ1v) is 4.38. The molecule has 1 unspecified atom stereocenters. The molecule has 3 nitrogen and oxygen atoms in total. The number of nitrogen functional groups attached to an aromatic ring is 1. The lowest BCUT2D eigenvalue weighted by molar-refractivity contribution is 0.104. The van der Waals surface area contributed by atoms with Crippen molar-refractivity contribution in [1.29, 1.82) is 0 Å². The van der Waals surface area contributed by atoms with Gasteiger partial charge in [0, 0.05) is 5.69 Å². The van der Waals surface area contributed by atoms with Gasteiger partial charge in [-0.25, -0.2) is 0 Å². The zero-order valence-corrected chi connectivity index (χ0v) is 7.40. The molecule has 0 aromatic heterocycles. The van der Waals surface area contributed by atoms with E-state index in [0.29, 0.717) is 19.3 Å². The number of nitrogens with two attached hydrogens (primary N) is 1. The zero-order valence-electron chi connectivity index (χ0n) is 7.40. The first kappa shape index (κ1) is 8.53. The number of ether oxygens (including phenoxy) is 2. The van der Waals surface area contributed by atoms with Crippen molar-refractivity contribution in [2.45, 2.75) is 12.7 Å². The van der Waals surface area contributed by atoms with Crippen molar-refractivity contribution < 1.29 is 9.47 Å². The Balaban J connectivity index is 1.76. The van der Waals surface area contributed by atoms with Gasteiger partial charge in [-0.3, -0.25) is 0 Å². The van der Waals surface area contributed by atoms with Crippen LogP contribution in [0, 0.1) is 0 Å². The molecule has 0 aliphatic carbocycles. The second-order valence-corrected chi connectivity index (χ2v) is 3.21. The van der Waals surface area contributed by atoms with Crippen LogP contribution in [0.25, 0.3) is 0 Å². The minimum Gasteiger partial charge on any atom is -0.399 e. The Hall–Kier alpha value is -1.06. The van der Waals surface area contributed by atoms with Crippen LogP contribution >= 0.6 is 0 Å². The summed E-state index contributed by atoms with van der Waals surface area (Å²) in [5.74, 6) is 0. The van der Waals surface area contributed by atoms with E-state index in [1.165, 1.54) is 0 Å². The molecule has 1 aliphatic heterocycles. The fourth-order valence-electron chi connectivity index (χ4n) is 1.09. The summed E-state index contributed by atoms with van der Waals surface area (Å²) in [7, 11) is 0. The molecule has 2 N–H and O–H groups in total. The topological polar surface area (TPSA) is 47.8 Å². The van der Waals surface area contributed by atoms with Gasteiger partial charge >= 0.3 is 0 Å². The van der Waals surface area contributed by atoms with Gasteiger partial charge in [-0.05, 0) is 17.7 Å². The maximum atomic E-state index is 5.55. The van der Waals surface area contributed by atoms with Crippen LogP contribution < -0.4 is 5.73 Å². The smallest absolute Gasteiger partial charge is 0.104 e. The molecule has 1 aromatic rings. The first-order valence-electron chi connectivity index (χ1n) is 4.38. The minimum absolute atomic E-state index is 0.341. The summed E-state index contributed by atoms with van der Waals surface area (Å²) < 4.78 is 10.4. The first-order chi connectivity index (χ1) is 6.34. The average Bonchev–Trinajstić information content (AvgIpc) is 2.92. The quantitative estimate of drug-likeness (QED) is 0.557. The number of hydrogen-bond donors (Lipinski definition) is 1. The van der Waals surface area contributed by atoms with Gasteiger partial charge in [-0.1, -0.05) is 12.1 Å². The van der Waals surface area contributed by atoms with Gasteiger partial charge < -0.3 is 15.2 Å². The molecule has 1 atom stereocenters. The normalized spacial score (nSPS) is 20.2. The number of hydrogen-bond acceptors (Lipinski definition) is 3. The molecule has 1 aromatic carbocycles. The van der Waals surface area contributed by atoms with Crippen molar-refractivity contribution in [1.82, 2.24) is 0 Å². The third kappa shape index (κ3) is 2.72. The van der Waals surface area contributed by atoms with Gasteiger partial charge in [0.05, 0.1) is 19.8 Å². The summed E-state index contributed by atoms with van der Waals surface area (Å²) in [6.07, 6.45) is 0.341. The van der Waals surface area contributed by atoms with Crippen molar-refractivity contribution in [2.24, 2.45) is 0 Å². The Kier molecular flexibility index (Phi) is 2.47. The highest BCUT2D eigenvalue weighted by Gasteiger charge is 2.21. The Labute approximate surface area is 77.5 Å². The second kappa shape index (κ2) is 3.77. The van der Waals surface area contributed by atoms with E-state index in [1.807, 2.05) is 24.3 Å².